The molecule has 0 bridgehead atoms. The maximum Gasteiger partial charge on any atom is 0.341 e. The SMILES string of the molecule is COC(=O)c1cnn(Cc2ccc(N3CC4C(CO)C4C3)nc2C)c1. The third-order valence-electron chi connectivity index (χ3n) is 5.47. The summed E-state index contributed by atoms with van der Waals surface area (Å²) in [6.07, 6.45) is 3.19. The number of rotatable bonds is 5. The van der Waals surface area contributed by atoms with E-state index < -0.39 is 0 Å². The lowest BCUT2D eigenvalue weighted by Crippen LogP contribution is -2.25. The van der Waals surface area contributed by atoms with E-state index in [1.165, 1.54) is 13.3 Å². The first-order valence-corrected chi connectivity index (χ1v) is 8.53. The molecule has 2 unspecified atom stereocenters. The summed E-state index contributed by atoms with van der Waals surface area (Å²) in [6, 6.07) is 4.12. The van der Waals surface area contributed by atoms with E-state index in [0.29, 0.717) is 36.5 Å². The Bertz CT molecular complexity index is 791. The number of aryl methyl sites for hydroxylation is 1. The molecule has 132 valence electrons. The van der Waals surface area contributed by atoms with Gasteiger partial charge in [-0.3, -0.25) is 4.68 Å². The van der Waals surface area contributed by atoms with Crippen LogP contribution in [0.5, 0.6) is 0 Å². The summed E-state index contributed by atoms with van der Waals surface area (Å²) >= 11 is 0. The Morgan fingerprint density at radius 1 is 1.36 bits per heavy atom. The number of carbonyl (C=O) groups is 1. The van der Waals surface area contributed by atoms with Gasteiger partial charge in [0, 0.05) is 31.6 Å². The van der Waals surface area contributed by atoms with Gasteiger partial charge in [0.25, 0.3) is 0 Å². The van der Waals surface area contributed by atoms with Gasteiger partial charge in [0.1, 0.15) is 5.82 Å². The molecule has 0 aromatic carbocycles. The molecule has 25 heavy (non-hydrogen) atoms. The van der Waals surface area contributed by atoms with Crippen LogP contribution in [-0.2, 0) is 11.3 Å². The summed E-state index contributed by atoms with van der Waals surface area (Å²) in [6.45, 7) is 4.85. The molecule has 2 fully saturated rings. The van der Waals surface area contributed by atoms with Crippen molar-refractivity contribution < 1.29 is 14.6 Å². The second-order valence-corrected chi connectivity index (χ2v) is 6.91. The summed E-state index contributed by atoms with van der Waals surface area (Å²) < 4.78 is 6.41. The number of aromatic nitrogens is 3. The monoisotopic (exact) mass is 342 g/mol. The molecular weight excluding hydrogens is 320 g/mol. The molecule has 1 saturated carbocycles. The number of piperidine rings is 1. The van der Waals surface area contributed by atoms with E-state index in [9.17, 15) is 9.90 Å². The Morgan fingerprint density at radius 3 is 2.76 bits per heavy atom. The van der Waals surface area contributed by atoms with E-state index in [1.54, 1.807) is 10.9 Å². The minimum Gasteiger partial charge on any atom is -0.465 e. The molecule has 2 atom stereocenters. The van der Waals surface area contributed by atoms with E-state index in [-0.39, 0.29) is 5.97 Å². The number of fused-ring (bicyclic) bond motifs is 1. The fourth-order valence-electron chi connectivity index (χ4n) is 3.87. The van der Waals surface area contributed by atoms with E-state index >= 15 is 0 Å². The molecule has 0 spiro atoms. The summed E-state index contributed by atoms with van der Waals surface area (Å²) in [7, 11) is 1.36. The van der Waals surface area contributed by atoms with Crippen LogP contribution in [0.15, 0.2) is 24.5 Å². The second-order valence-electron chi connectivity index (χ2n) is 6.91. The number of hydrogen-bond donors (Lipinski definition) is 1. The van der Waals surface area contributed by atoms with Gasteiger partial charge in [-0.1, -0.05) is 6.07 Å². The van der Waals surface area contributed by atoms with Crippen molar-refractivity contribution in [2.75, 3.05) is 31.7 Å². The van der Waals surface area contributed by atoms with E-state index in [2.05, 4.69) is 16.1 Å². The number of nitrogens with zero attached hydrogens (tertiary/aromatic N) is 4. The molecule has 1 saturated heterocycles. The molecule has 0 radical (unpaired) electrons. The average Bonchev–Trinajstić information content (AvgIpc) is 2.97. The van der Waals surface area contributed by atoms with Crippen molar-refractivity contribution >= 4 is 11.8 Å². The number of pyridine rings is 1. The molecule has 2 aliphatic rings. The number of esters is 1. The predicted octanol–water partition coefficient (Wildman–Crippen LogP) is 1.10. The maximum atomic E-state index is 11.5. The highest BCUT2D eigenvalue weighted by Crippen LogP contribution is 2.51. The molecule has 1 aliphatic carbocycles. The first kappa shape index (κ1) is 16.1. The lowest BCUT2D eigenvalue weighted by atomic mass is 10.2. The number of aliphatic hydroxyl groups is 1. The Morgan fingerprint density at radius 2 is 2.12 bits per heavy atom. The van der Waals surface area contributed by atoms with Crippen LogP contribution in [-0.4, -0.2) is 52.6 Å². The minimum atomic E-state index is -0.384. The lowest BCUT2D eigenvalue weighted by Gasteiger charge is -2.21. The second kappa shape index (κ2) is 6.15. The van der Waals surface area contributed by atoms with Gasteiger partial charge in [-0.05, 0) is 36.3 Å². The molecule has 2 aromatic rings. The van der Waals surface area contributed by atoms with Crippen molar-refractivity contribution in [3.05, 3.63) is 41.3 Å². The number of methoxy groups -OCH3 is 1. The zero-order chi connectivity index (χ0) is 17.6. The standard InChI is InChI=1S/C18H22N4O3/c1-11-12(6-22-7-13(5-19-22)18(24)25-2)3-4-17(20-11)21-8-14-15(9-21)16(14)10-23/h3-5,7,14-16,23H,6,8-10H2,1-2H3. The van der Waals surface area contributed by atoms with Crippen molar-refractivity contribution in [2.45, 2.75) is 13.5 Å². The third-order valence-corrected chi connectivity index (χ3v) is 5.47. The molecule has 1 aliphatic heterocycles. The Balaban J connectivity index is 1.44. The van der Waals surface area contributed by atoms with Crippen molar-refractivity contribution in [3.8, 4) is 0 Å². The van der Waals surface area contributed by atoms with Gasteiger partial charge in [-0.25, -0.2) is 9.78 Å². The van der Waals surface area contributed by atoms with Crippen LogP contribution in [0.4, 0.5) is 5.82 Å². The molecule has 7 nitrogen and oxygen atoms in total. The highest BCUT2D eigenvalue weighted by Gasteiger charge is 2.55. The number of anilines is 1. The molecule has 0 amide bonds. The Labute approximate surface area is 146 Å². The van der Waals surface area contributed by atoms with Crippen LogP contribution in [0.1, 0.15) is 21.6 Å². The number of aliphatic hydroxyl groups excluding tert-OH is 1. The fraction of sp³-hybridized carbons (Fsp3) is 0.500. The molecule has 1 N–H and O–H groups in total. The van der Waals surface area contributed by atoms with Crippen molar-refractivity contribution in [2.24, 2.45) is 17.8 Å². The number of hydrogen-bond acceptors (Lipinski definition) is 6. The average molecular weight is 342 g/mol. The van der Waals surface area contributed by atoms with E-state index in [1.807, 2.05) is 13.0 Å². The van der Waals surface area contributed by atoms with Gasteiger partial charge in [-0.15, -0.1) is 0 Å². The van der Waals surface area contributed by atoms with E-state index in [4.69, 9.17) is 9.72 Å². The van der Waals surface area contributed by atoms with Crippen LogP contribution in [0.25, 0.3) is 0 Å². The van der Waals surface area contributed by atoms with Crippen LogP contribution in [0.3, 0.4) is 0 Å². The molecule has 2 aromatic heterocycles. The lowest BCUT2D eigenvalue weighted by molar-refractivity contribution is 0.0600. The molecular formula is C18H22N4O3. The van der Waals surface area contributed by atoms with Gasteiger partial charge < -0.3 is 14.7 Å². The van der Waals surface area contributed by atoms with Crippen LogP contribution >= 0.6 is 0 Å². The van der Waals surface area contributed by atoms with E-state index in [0.717, 1.165) is 30.2 Å². The fourth-order valence-corrected chi connectivity index (χ4v) is 3.87. The first-order chi connectivity index (χ1) is 12.1. The van der Waals surface area contributed by atoms with Crippen molar-refractivity contribution in [1.82, 2.24) is 14.8 Å². The van der Waals surface area contributed by atoms with Gasteiger partial charge in [0.05, 0.1) is 25.4 Å². The van der Waals surface area contributed by atoms with Crippen LogP contribution in [0.2, 0.25) is 0 Å². The van der Waals surface area contributed by atoms with Crippen molar-refractivity contribution in [3.63, 3.8) is 0 Å². The van der Waals surface area contributed by atoms with Crippen molar-refractivity contribution in [1.29, 1.82) is 0 Å². The Hall–Kier alpha value is -2.41. The first-order valence-electron chi connectivity index (χ1n) is 8.53. The van der Waals surface area contributed by atoms with Gasteiger partial charge in [0.15, 0.2) is 0 Å². The Kier molecular flexibility index (Phi) is 3.95. The summed E-state index contributed by atoms with van der Waals surface area (Å²) in [5, 5.41) is 13.5. The van der Waals surface area contributed by atoms with Gasteiger partial charge >= 0.3 is 5.97 Å². The zero-order valence-electron chi connectivity index (χ0n) is 14.4. The molecule has 3 heterocycles. The normalized spacial score (nSPS) is 24.3. The number of carbonyl (C=O) groups excluding carboxylic acids is 1. The smallest absolute Gasteiger partial charge is 0.341 e. The number of ether oxygens (including phenoxy) is 1. The third kappa shape index (κ3) is 2.89. The maximum absolute atomic E-state index is 11.5. The highest BCUT2D eigenvalue weighted by atomic mass is 16.5. The van der Waals surface area contributed by atoms with Gasteiger partial charge in [-0.2, -0.15) is 5.10 Å². The summed E-state index contributed by atoms with van der Waals surface area (Å²) in [5.74, 6) is 2.38. The van der Waals surface area contributed by atoms with Gasteiger partial charge in [0.2, 0.25) is 0 Å². The quantitative estimate of drug-likeness (QED) is 0.820. The largest absolute Gasteiger partial charge is 0.465 e. The predicted molar refractivity (Wildman–Crippen MR) is 91.4 cm³/mol. The van der Waals surface area contributed by atoms with Crippen LogP contribution in [0, 0.1) is 24.7 Å². The zero-order valence-corrected chi connectivity index (χ0v) is 14.4. The highest BCUT2D eigenvalue weighted by molar-refractivity contribution is 5.88. The van der Waals surface area contributed by atoms with Crippen LogP contribution < -0.4 is 4.90 Å². The molecule has 4 rings (SSSR count). The summed E-state index contributed by atoms with van der Waals surface area (Å²) in [4.78, 5) is 18.6. The topological polar surface area (TPSA) is 80.5 Å². The molecule has 7 heteroatoms. The summed E-state index contributed by atoms with van der Waals surface area (Å²) in [5.41, 5.74) is 2.48. The minimum absolute atomic E-state index is 0.312.